The van der Waals surface area contributed by atoms with Crippen molar-refractivity contribution in [2.24, 2.45) is 5.92 Å². The van der Waals surface area contributed by atoms with Gasteiger partial charge >= 0.3 is 0 Å². The molecule has 1 saturated heterocycles. The van der Waals surface area contributed by atoms with Crippen LogP contribution in [0.15, 0.2) is 11.4 Å². The standard InChI is InChI=1S/C14H19NOS3/c1-17-9-10-2-5-15(8-10)14(16)13-11-3-6-18-12(11)4-7-19-13/h3,6,10,13H,2,4-5,7-9H2,1H3/t10-,13+/m1/s1. The zero-order valence-corrected chi connectivity index (χ0v) is 13.6. The van der Waals surface area contributed by atoms with Gasteiger partial charge in [-0.15, -0.1) is 23.1 Å². The highest BCUT2D eigenvalue weighted by molar-refractivity contribution is 8.00. The molecule has 0 spiro atoms. The van der Waals surface area contributed by atoms with Crippen LogP contribution in [0.25, 0.3) is 0 Å². The first-order valence-electron chi connectivity index (χ1n) is 6.75. The van der Waals surface area contributed by atoms with Gasteiger partial charge in [0.2, 0.25) is 5.91 Å². The molecule has 0 radical (unpaired) electrons. The molecule has 0 N–H and O–H groups in total. The van der Waals surface area contributed by atoms with Gasteiger partial charge in [-0.05, 0) is 53.5 Å². The number of hydrogen-bond donors (Lipinski definition) is 0. The van der Waals surface area contributed by atoms with Crippen molar-refractivity contribution in [1.82, 2.24) is 4.90 Å². The first-order chi connectivity index (χ1) is 9.29. The maximum absolute atomic E-state index is 12.7. The van der Waals surface area contributed by atoms with Crippen molar-refractivity contribution in [2.45, 2.75) is 18.1 Å². The molecule has 1 fully saturated rings. The highest BCUT2D eigenvalue weighted by Gasteiger charge is 2.34. The minimum atomic E-state index is 0.0722. The van der Waals surface area contributed by atoms with Crippen LogP contribution in [0.3, 0.4) is 0 Å². The van der Waals surface area contributed by atoms with Gasteiger partial charge in [0.25, 0.3) is 0 Å². The summed E-state index contributed by atoms with van der Waals surface area (Å²) in [6.45, 7) is 1.93. The fraction of sp³-hybridized carbons (Fsp3) is 0.643. The summed E-state index contributed by atoms with van der Waals surface area (Å²) in [7, 11) is 0. The second-order valence-electron chi connectivity index (χ2n) is 5.19. The Hall–Kier alpha value is -0.130. The number of carbonyl (C=O) groups excluding carboxylic acids is 1. The Morgan fingerprint density at radius 1 is 1.58 bits per heavy atom. The Morgan fingerprint density at radius 2 is 2.47 bits per heavy atom. The molecule has 0 bridgehead atoms. The summed E-state index contributed by atoms with van der Waals surface area (Å²) < 4.78 is 0. The monoisotopic (exact) mass is 313 g/mol. The molecule has 1 aromatic rings. The van der Waals surface area contributed by atoms with E-state index in [1.807, 2.05) is 34.9 Å². The summed E-state index contributed by atoms with van der Waals surface area (Å²) in [6.07, 6.45) is 4.47. The van der Waals surface area contributed by atoms with Gasteiger partial charge in [-0.1, -0.05) is 0 Å². The minimum absolute atomic E-state index is 0.0722. The van der Waals surface area contributed by atoms with Gasteiger partial charge in [0.05, 0.1) is 0 Å². The SMILES string of the molecule is CSC[C@@H]1CCN(C(=O)[C@H]2SCCc3sccc32)C1. The first-order valence-corrected chi connectivity index (χ1v) is 10.1. The van der Waals surface area contributed by atoms with Gasteiger partial charge in [0, 0.05) is 18.0 Å². The summed E-state index contributed by atoms with van der Waals surface area (Å²) in [4.78, 5) is 16.2. The van der Waals surface area contributed by atoms with E-state index in [4.69, 9.17) is 0 Å². The molecule has 0 saturated carbocycles. The van der Waals surface area contributed by atoms with E-state index in [9.17, 15) is 4.79 Å². The van der Waals surface area contributed by atoms with E-state index in [-0.39, 0.29) is 5.25 Å². The van der Waals surface area contributed by atoms with E-state index in [1.165, 1.54) is 22.6 Å². The van der Waals surface area contributed by atoms with Crippen molar-refractivity contribution in [1.29, 1.82) is 0 Å². The molecule has 1 amide bonds. The lowest BCUT2D eigenvalue weighted by Gasteiger charge is -2.26. The van der Waals surface area contributed by atoms with Crippen LogP contribution in [-0.4, -0.2) is 41.7 Å². The number of likely N-dealkylation sites (tertiary alicyclic amines) is 1. The second kappa shape index (κ2) is 6.10. The van der Waals surface area contributed by atoms with Crippen molar-refractivity contribution < 1.29 is 4.79 Å². The average molecular weight is 314 g/mol. The molecular formula is C14H19NOS3. The molecule has 0 unspecified atom stereocenters. The van der Waals surface area contributed by atoms with E-state index in [0.29, 0.717) is 11.8 Å². The molecular weight excluding hydrogens is 294 g/mol. The molecule has 19 heavy (non-hydrogen) atoms. The Bertz CT molecular complexity index is 459. The average Bonchev–Trinajstić information content (AvgIpc) is 3.06. The van der Waals surface area contributed by atoms with Gasteiger partial charge in [0.1, 0.15) is 5.25 Å². The van der Waals surface area contributed by atoms with Gasteiger partial charge in [0.15, 0.2) is 0 Å². The van der Waals surface area contributed by atoms with Gasteiger partial charge in [-0.3, -0.25) is 4.79 Å². The van der Waals surface area contributed by atoms with Crippen LogP contribution >= 0.6 is 34.9 Å². The Balaban J connectivity index is 1.69. The predicted molar refractivity (Wildman–Crippen MR) is 86.3 cm³/mol. The zero-order chi connectivity index (χ0) is 13.2. The van der Waals surface area contributed by atoms with Crippen molar-refractivity contribution >= 4 is 40.8 Å². The van der Waals surface area contributed by atoms with Gasteiger partial charge in [-0.25, -0.2) is 0 Å². The molecule has 104 valence electrons. The number of aryl methyl sites for hydroxylation is 1. The zero-order valence-electron chi connectivity index (χ0n) is 11.1. The van der Waals surface area contributed by atoms with Crippen LogP contribution in [-0.2, 0) is 11.2 Å². The van der Waals surface area contributed by atoms with Crippen LogP contribution < -0.4 is 0 Å². The lowest BCUT2D eigenvalue weighted by molar-refractivity contribution is -0.129. The third-order valence-corrected chi connectivity index (χ3v) is 6.93. The molecule has 2 aliphatic rings. The van der Waals surface area contributed by atoms with Crippen molar-refractivity contribution in [3.8, 4) is 0 Å². The molecule has 1 aromatic heterocycles. The van der Waals surface area contributed by atoms with E-state index >= 15 is 0 Å². The van der Waals surface area contributed by atoms with Crippen LogP contribution in [0, 0.1) is 5.92 Å². The number of amides is 1. The molecule has 5 heteroatoms. The van der Waals surface area contributed by atoms with Crippen LogP contribution in [0.2, 0.25) is 0 Å². The lowest BCUT2D eigenvalue weighted by atomic mass is 10.1. The number of thiophene rings is 1. The molecule has 2 aliphatic heterocycles. The summed E-state index contributed by atoms with van der Waals surface area (Å²) >= 11 is 5.54. The predicted octanol–water partition coefficient (Wildman–Crippen LogP) is 3.29. The summed E-state index contributed by atoms with van der Waals surface area (Å²) in [5, 5.41) is 2.21. The van der Waals surface area contributed by atoms with Crippen molar-refractivity contribution in [3.63, 3.8) is 0 Å². The van der Waals surface area contributed by atoms with E-state index < -0.39 is 0 Å². The number of rotatable bonds is 3. The normalized spacial score (nSPS) is 26.5. The quantitative estimate of drug-likeness (QED) is 0.854. The Kier molecular flexibility index (Phi) is 4.44. The van der Waals surface area contributed by atoms with Crippen molar-refractivity contribution in [3.05, 3.63) is 21.9 Å². The van der Waals surface area contributed by atoms with Crippen LogP contribution in [0.5, 0.6) is 0 Å². The van der Waals surface area contributed by atoms with E-state index in [1.54, 1.807) is 0 Å². The van der Waals surface area contributed by atoms with E-state index in [0.717, 1.165) is 25.3 Å². The Morgan fingerprint density at radius 3 is 3.32 bits per heavy atom. The number of thioether (sulfide) groups is 2. The smallest absolute Gasteiger partial charge is 0.240 e. The number of carbonyl (C=O) groups is 1. The third kappa shape index (κ3) is 2.83. The number of nitrogens with zero attached hydrogens (tertiary/aromatic N) is 1. The summed E-state index contributed by atoms with van der Waals surface area (Å²) in [5.74, 6) is 3.33. The highest BCUT2D eigenvalue weighted by atomic mass is 32.2. The Labute approximate surface area is 127 Å². The molecule has 2 nitrogen and oxygen atoms in total. The fourth-order valence-electron chi connectivity index (χ4n) is 2.92. The summed E-state index contributed by atoms with van der Waals surface area (Å²) in [6, 6.07) is 2.16. The van der Waals surface area contributed by atoms with Crippen molar-refractivity contribution in [2.75, 3.05) is 30.9 Å². The lowest BCUT2D eigenvalue weighted by Crippen LogP contribution is -2.33. The fourth-order valence-corrected chi connectivity index (χ4v) is 6.04. The number of fused-ring (bicyclic) bond motifs is 1. The topological polar surface area (TPSA) is 20.3 Å². The maximum Gasteiger partial charge on any atom is 0.240 e. The summed E-state index contributed by atoms with van der Waals surface area (Å²) in [5.41, 5.74) is 1.29. The molecule has 3 heterocycles. The van der Waals surface area contributed by atoms with Crippen LogP contribution in [0.4, 0.5) is 0 Å². The first kappa shape index (κ1) is 13.8. The largest absolute Gasteiger partial charge is 0.341 e. The van der Waals surface area contributed by atoms with Gasteiger partial charge < -0.3 is 4.90 Å². The molecule has 0 aromatic carbocycles. The highest BCUT2D eigenvalue weighted by Crippen LogP contribution is 2.41. The number of hydrogen-bond acceptors (Lipinski definition) is 4. The molecule has 0 aliphatic carbocycles. The van der Waals surface area contributed by atoms with Gasteiger partial charge in [-0.2, -0.15) is 11.8 Å². The molecule has 2 atom stereocenters. The van der Waals surface area contributed by atoms with E-state index in [2.05, 4.69) is 22.6 Å². The maximum atomic E-state index is 12.7. The third-order valence-electron chi connectivity index (χ3n) is 3.90. The molecule has 3 rings (SSSR count). The minimum Gasteiger partial charge on any atom is -0.341 e. The van der Waals surface area contributed by atoms with Crippen LogP contribution in [0.1, 0.15) is 22.1 Å². The second-order valence-corrected chi connectivity index (χ2v) is 8.32.